The second kappa shape index (κ2) is 6.40. The van der Waals surface area contributed by atoms with Crippen LogP contribution in [0.5, 0.6) is 0 Å². The molecule has 1 aromatic heterocycles. The van der Waals surface area contributed by atoms with Crippen molar-refractivity contribution in [2.45, 2.75) is 17.9 Å². The van der Waals surface area contributed by atoms with E-state index >= 15 is 0 Å². The summed E-state index contributed by atoms with van der Waals surface area (Å²) in [4.78, 5) is 28.2. The van der Waals surface area contributed by atoms with Crippen molar-refractivity contribution in [3.8, 4) is 0 Å². The van der Waals surface area contributed by atoms with E-state index in [2.05, 4.69) is 10.3 Å². The van der Waals surface area contributed by atoms with E-state index in [0.717, 1.165) is 4.31 Å². The zero-order valence-corrected chi connectivity index (χ0v) is 13.5. The lowest BCUT2D eigenvalue weighted by Crippen LogP contribution is -2.34. The number of hydrogen-bond donors (Lipinski definition) is 1. The number of rotatable bonds is 5. The van der Waals surface area contributed by atoms with Crippen LogP contribution in [0.1, 0.15) is 22.5 Å². The van der Waals surface area contributed by atoms with Crippen molar-refractivity contribution >= 4 is 21.8 Å². The summed E-state index contributed by atoms with van der Waals surface area (Å²) < 4.78 is 25.4. The molecule has 0 unspecified atom stereocenters. The first-order valence-electron chi connectivity index (χ1n) is 7.33. The molecule has 7 nitrogen and oxygen atoms in total. The average Bonchev–Trinajstić information content (AvgIpc) is 2.79. The summed E-state index contributed by atoms with van der Waals surface area (Å²) >= 11 is 0. The maximum atomic E-state index is 12.3. The van der Waals surface area contributed by atoms with Gasteiger partial charge in [0.15, 0.2) is 0 Å². The summed E-state index contributed by atoms with van der Waals surface area (Å²) in [6, 6.07) is 11.4. The Morgan fingerprint density at radius 1 is 1.12 bits per heavy atom. The predicted molar refractivity (Wildman–Crippen MR) is 85.4 cm³/mol. The predicted octanol–water partition coefficient (Wildman–Crippen LogP) is 0.933. The Bertz CT molecular complexity index is 881. The van der Waals surface area contributed by atoms with Crippen LogP contribution in [0.4, 0.5) is 0 Å². The fraction of sp³-hybridized carbons (Fsp3) is 0.188. The van der Waals surface area contributed by atoms with Gasteiger partial charge in [0.2, 0.25) is 5.91 Å². The van der Waals surface area contributed by atoms with Crippen LogP contribution in [-0.2, 0) is 21.4 Å². The summed E-state index contributed by atoms with van der Waals surface area (Å²) in [6.45, 7) is 0.0600. The number of hydrogen-bond acceptors (Lipinski definition) is 5. The molecule has 1 N–H and O–H groups in total. The molecule has 0 aliphatic carbocycles. The Hall–Kier alpha value is -2.74. The minimum absolute atomic E-state index is 0.0103. The van der Waals surface area contributed by atoms with Crippen LogP contribution in [0, 0.1) is 0 Å². The van der Waals surface area contributed by atoms with Crippen LogP contribution < -0.4 is 5.32 Å². The topological polar surface area (TPSA) is 96.4 Å². The van der Waals surface area contributed by atoms with Gasteiger partial charge in [0.25, 0.3) is 15.9 Å². The highest BCUT2D eigenvalue weighted by molar-refractivity contribution is 7.90. The van der Waals surface area contributed by atoms with Crippen LogP contribution in [0.15, 0.2) is 53.6 Å². The van der Waals surface area contributed by atoms with Crippen molar-refractivity contribution in [3.63, 3.8) is 0 Å². The molecule has 0 radical (unpaired) electrons. The normalized spacial score (nSPS) is 15.2. The molecule has 0 saturated heterocycles. The number of nitrogens with one attached hydrogen (secondary N) is 1. The van der Waals surface area contributed by atoms with E-state index < -0.39 is 15.9 Å². The third kappa shape index (κ3) is 3.00. The molecule has 0 saturated carbocycles. The van der Waals surface area contributed by atoms with Gasteiger partial charge >= 0.3 is 0 Å². The minimum Gasteiger partial charge on any atom is -0.350 e. The molecule has 2 aromatic rings. The number of aromatic nitrogens is 1. The first-order valence-corrected chi connectivity index (χ1v) is 8.77. The molecule has 0 atom stereocenters. The van der Waals surface area contributed by atoms with Crippen LogP contribution in [-0.4, -0.2) is 36.1 Å². The number of carbonyl (C=O) groups excluding carboxylic acids is 2. The van der Waals surface area contributed by atoms with Crippen molar-refractivity contribution in [3.05, 3.63) is 59.9 Å². The van der Waals surface area contributed by atoms with Gasteiger partial charge in [-0.3, -0.25) is 14.6 Å². The van der Waals surface area contributed by atoms with Crippen LogP contribution in [0.2, 0.25) is 0 Å². The lowest BCUT2D eigenvalue weighted by atomic mass is 10.2. The molecule has 2 heterocycles. The number of fused-ring (bicyclic) bond motifs is 1. The van der Waals surface area contributed by atoms with Gasteiger partial charge in [-0.1, -0.05) is 18.2 Å². The molecular formula is C16H15N3O4S. The van der Waals surface area contributed by atoms with Crippen LogP contribution >= 0.6 is 0 Å². The van der Waals surface area contributed by atoms with Gasteiger partial charge in [0, 0.05) is 19.2 Å². The van der Waals surface area contributed by atoms with Crippen molar-refractivity contribution in [1.82, 2.24) is 14.6 Å². The van der Waals surface area contributed by atoms with Gasteiger partial charge in [-0.25, -0.2) is 12.7 Å². The Labute approximate surface area is 139 Å². The Balaban J connectivity index is 1.61. The first-order chi connectivity index (χ1) is 11.5. The maximum absolute atomic E-state index is 12.3. The SMILES string of the molecule is O=C(CCN1C(=O)c2ccccc2S1(=O)=O)NCc1ccccn1. The monoisotopic (exact) mass is 345 g/mol. The van der Waals surface area contributed by atoms with E-state index in [-0.39, 0.29) is 35.9 Å². The number of pyridine rings is 1. The highest BCUT2D eigenvalue weighted by Gasteiger charge is 2.40. The maximum Gasteiger partial charge on any atom is 0.269 e. The number of sulfonamides is 1. The lowest BCUT2D eigenvalue weighted by molar-refractivity contribution is -0.121. The smallest absolute Gasteiger partial charge is 0.269 e. The fourth-order valence-corrected chi connectivity index (χ4v) is 4.01. The third-order valence-corrected chi connectivity index (χ3v) is 5.49. The van der Waals surface area contributed by atoms with Crippen molar-refractivity contribution in [2.75, 3.05) is 6.54 Å². The number of benzene rings is 1. The molecular weight excluding hydrogens is 330 g/mol. The largest absolute Gasteiger partial charge is 0.350 e. The van der Waals surface area contributed by atoms with Crippen molar-refractivity contribution in [1.29, 1.82) is 0 Å². The first kappa shape index (κ1) is 16.1. The van der Waals surface area contributed by atoms with Gasteiger partial charge in [-0.2, -0.15) is 0 Å². The summed E-state index contributed by atoms with van der Waals surface area (Å²) in [5.74, 6) is -0.942. The molecule has 2 amide bonds. The molecule has 0 bridgehead atoms. The van der Waals surface area contributed by atoms with Crippen molar-refractivity contribution in [2.24, 2.45) is 0 Å². The van der Waals surface area contributed by atoms with E-state index in [1.807, 2.05) is 0 Å². The standard InChI is InChI=1S/C16H15N3O4S/c20-15(18-11-12-5-3-4-9-17-12)8-10-19-16(21)13-6-1-2-7-14(13)24(19,22)23/h1-7,9H,8,10-11H2,(H,18,20). The number of nitrogens with zero attached hydrogens (tertiary/aromatic N) is 2. The van der Waals surface area contributed by atoms with Crippen LogP contribution in [0.25, 0.3) is 0 Å². The Morgan fingerprint density at radius 2 is 1.88 bits per heavy atom. The molecule has 24 heavy (non-hydrogen) atoms. The van der Waals surface area contributed by atoms with E-state index in [0.29, 0.717) is 5.69 Å². The molecule has 0 fully saturated rings. The van der Waals surface area contributed by atoms with Gasteiger partial charge in [0.1, 0.15) is 4.90 Å². The van der Waals surface area contributed by atoms with Gasteiger partial charge in [-0.05, 0) is 24.3 Å². The molecule has 1 aliphatic rings. The molecule has 1 aliphatic heterocycles. The zero-order valence-electron chi connectivity index (χ0n) is 12.7. The Kier molecular flexibility index (Phi) is 4.30. The number of amides is 2. The minimum atomic E-state index is -3.87. The van der Waals surface area contributed by atoms with Crippen LogP contribution in [0.3, 0.4) is 0 Å². The van der Waals surface area contributed by atoms with Crippen molar-refractivity contribution < 1.29 is 18.0 Å². The highest BCUT2D eigenvalue weighted by atomic mass is 32.2. The Morgan fingerprint density at radius 3 is 2.58 bits per heavy atom. The molecule has 124 valence electrons. The lowest BCUT2D eigenvalue weighted by Gasteiger charge is -2.14. The second-order valence-electron chi connectivity index (χ2n) is 5.23. The van der Waals surface area contributed by atoms with Gasteiger partial charge in [-0.15, -0.1) is 0 Å². The molecule has 1 aromatic carbocycles. The summed E-state index contributed by atoms with van der Waals surface area (Å²) in [5.41, 5.74) is 0.842. The van der Waals surface area contributed by atoms with Gasteiger partial charge in [0.05, 0.1) is 17.8 Å². The van der Waals surface area contributed by atoms with E-state index in [1.54, 1.807) is 36.5 Å². The van der Waals surface area contributed by atoms with E-state index in [4.69, 9.17) is 0 Å². The summed E-state index contributed by atoms with van der Waals surface area (Å²) in [6.07, 6.45) is 1.51. The second-order valence-corrected chi connectivity index (χ2v) is 7.06. The highest BCUT2D eigenvalue weighted by Crippen LogP contribution is 2.29. The average molecular weight is 345 g/mol. The molecule has 8 heteroatoms. The number of carbonyl (C=O) groups is 2. The van der Waals surface area contributed by atoms with E-state index in [1.165, 1.54) is 12.1 Å². The summed E-state index contributed by atoms with van der Waals surface area (Å²) in [5, 5.41) is 2.65. The molecule has 0 spiro atoms. The molecule has 3 rings (SSSR count). The zero-order chi connectivity index (χ0) is 17.2. The fourth-order valence-electron chi connectivity index (χ4n) is 2.44. The third-order valence-electron chi connectivity index (χ3n) is 3.65. The van der Waals surface area contributed by atoms with E-state index in [9.17, 15) is 18.0 Å². The van der Waals surface area contributed by atoms with Gasteiger partial charge < -0.3 is 5.32 Å². The summed E-state index contributed by atoms with van der Waals surface area (Å²) in [7, 11) is -3.87. The quantitative estimate of drug-likeness (QED) is 0.870.